The monoisotopic (exact) mass is 369 g/mol. The van der Waals surface area contributed by atoms with E-state index in [0.717, 1.165) is 4.90 Å². The van der Waals surface area contributed by atoms with E-state index in [1.807, 2.05) is 18.2 Å². The van der Waals surface area contributed by atoms with Crippen LogP contribution in [0.25, 0.3) is 0 Å². The number of hydrogen-bond acceptors (Lipinski definition) is 4. The first-order chi connectivity index (χ1) is 10.9. The molecule has 0 spiro atoms. The zero-order valence-electron chi connectivity index (χ0n) is 12.5. The molecule has 0 fully saturated rings. The Balaban J connectivity index is 2.08. The predicted octanol–water partition coefficient (Wildman–Crippen LogP) is 3.86. The molecule has 0 aliphatic rings. The number of thioether (sulfide) groups is 1. The average molecular weight is 370 g/mol. The highest BCUT2D eigenvalue weighted by Crippen LogP contribution is 2.27. The predicted molar refractivity (Wildman–Crippen MR) is 95.0 cm³/mol. The van der Waals surface area contributed by atoms with Gasteiger partial charge in [-0.25, -0.2) is 8.42 Å². The summed E-state index contributed by atoms with van der Waals surface area (Å²) in [6.07, 6.45) is 0. The van der Waals surface area contributed by atoms with Gasteiger partial charge < -0.3 is 5.32 Å². The standard InChI is InChI=1S/C16H16ClNO3S2/c1-2-23(20,21)15-10-6-4-8-13(15)18-16(19)11-22-14-9-5-3-7-12(14)17/h3-10H,2,11H2,1H3,(H,18,19). The number of para-hydroxylation sites is 1. The summed E-state index contributed by atoms with van der Waals surface area (Å²) in [6, 6.07) is 13.6. The Hall–Kier alpha value is -1.50. The summed E-state index contributed by atoms with van der Waals surface area (Å²) in [7, 11) is -3.39. The van der Waals surface area contributed by atoms with E-state index in [1.165, 1.54) is 17.8 Å². The number of sulfone groups is 1. The Kier molecular flexibility index (Phi) is 6.10. The fourth-order valence-corrected chi connectivity index (χ4v) is 3.98. The molecule has 0 radical (unpaired) electrons. The second kappa shape index (κ2) is 7.86. The molecular formula is C16H16ClNO3S2. The van der Waals surface area contributed by atoms with Gasteiger partial charge in [0.25, 0.3) is 0 Å². The summed E-state index contributed by atoms with van der Waals surface area (Å²) in [4.78, 5) is 13.0. The third-order valence-electron chi connectivity index (χ3n) is 3.07. The largest absolute Gasteiger partial charge is 0.324 e. The molecular weight excluding hydrogens is 354 g/mol. The number of halogens is 1. The highest BCUT2D eigenvalue weighted by atomic mass is 35.5. The molecule has 0 aliphatic carbocycles. The summed E-state index contributed by atoms with van der Waals surface area (Å²) in [5.41, 5.74) is 0.305. The van der Waals surface area contributed by atoms with E-state index in [0.29, 0.717) is 10.7 Å². The van der Waals surface area contributed by atoms with Crippen molar-refractivity contribution in [3.63, 3.8) is 0 Å². The zero-order chi connectivity index (χ0) is 16.9. The van der Waals surface area contributed by atoms with E-state index in [-0.39, 0.29) is 22.3 Å². The highest BCUT2D eigenvalue weighted by Gasteiger charge is 2.17. The third-order valence-corrected chi connectivity index (χ3v) is 6.37. The van der Waals surface area contributed by atoms with Crippen molar-refractivity contribution in [3.05, 3.63) is 53.6 Å². The summed E-state index contributed by atoms with van der Waals surface area (Å²) < 4.78 is 24.1. The Labute approximate surface area is 145 Å². The molecule has 0 unspecified atom stereocenters. The zero-order valence-corrected chi connectivity index (χ0v) is 14.8. The highest BCUT2D eigenvalue weighted by molar-refractivity contribution is 8.00. The van der Waals surface area contributed by atoms with Gasteiger partial charge in [-0.05, 0) is 24.3 Å². The quantitative estimate of drug-likeness (QED) is 0.785. The van der Waals surface area contributed by atoms with Crippen LogP contribution in [0.15, 0.2) is 58.3 Å². The van der Waals surface area contributed by atoms with Crippen LogP contribution in [0.1, 0.15) is 6.92 Å². The van der Waals surface area contributed by atoms with Gasteiger partial charge in [0, 0.05) is 4.90 Å². The van der Waals surface area contributed by atoms with Crippen molar-refractivity contribution in [1.29, 1.82) is 0 Å². The van der Waals surface area contributed by atoms with Crippen LogP contribution in [0, 0.1) is 0 Å². The number of carbonyl (C=O) groups is 1. The lowest BCUT2D eigenvalue weighted by atomic mass is 10.3. The number of carbonyl (C=O) groups excluding carboxylic acids is 1. The minimum Gasteiger partial charge on any atom is -0.324 e. The number of amides is 1. The molecule has 0 heterocycles. The molecule has 1 amide bonds. The molecule has 0 atom stereocenters. The van der Waals surface area contributed by atoms with E-state index in [9.17, 15) is 13.2 Å². The number of benzene rings is 2. The molecule has 2 rings (SSSR count). The third kappa shape index (κ3) is 4.73. The molecule has 2 aromatic rings. The molecule has 2 aromatic carbocycles. The van der Waals surface area contributed by atoms with Gasteiger partial charge in [-0.2, -0.15) is 0 Å². The van der Waals surface area contributed by atoms with Crippen LogP contribution in [0.4, 0.5) is 5.69 Å². The molecule has 0 aromatic heterocycles. The maximum atomic E-state index is 12.1. The molecule has 4 nitrogen and oxygen atoms in total. The maximum absolute atomic E-state index is 12.1. The molecule has 122 valence electrons. The topological polar surface area (TPSA) is 63.2 Å². The molecule has 23 heavy (non-hydrogen) atoms. The second-order valence-electron chi connectivity index (χ2n) is 4.67. The Morgan fingerprint density at radius 3 is 2.48 bits per heavy atom. The summed E-state index contributed by atoms with van der Waals surface area (Å²) >= 11 is 7.34. The van der Waals surface area contributed by atoms with E-state index in [1.54, 1.807) is 31.2 Å². The lowest BCUT2D eigenvalue weighted by Crippen LogP contribution is -2.17. The molecule has 7 heteroatoms. The van der Waals surface area contributed by atoms with Crippen LogP contribution in [0.3, 0.4) is 0 Å². The fourth-order valence-electron chi connectivity index (χ4n) is 1.89. The van der Waals surface area contributed by atoms with E-state index >= 15 is 0 Å². The van der Waals surface area contributed by atoms with Crippen molar-refractivity contribution >= 4 is 44.8 Å². The van der Waals surface area contributed by atoms with Gasteiger partial charge >= 0.3 is 0 Å². The Morgan fingerprint density at radius 1 is 1.13 bits per heavy atom. The van der Waals surface area contributed by atoms with Crippen molar-refractivity contribution in [2.24, 2.45) is 0 Å². The van der Waals surface area contributed by atoms with E-state index < -0.39 is 9.84 Å². The Morgan fingerprint density at radius 2 is 1.78 bits per heavy atom. The van der Waals surface area contributed by atoms with Crippen molar-refractivity contribution < 1.29 is 13.2 Å². The van der Waals surface area contributed by atoms with Crippen LogP contribution >= 0.6 is 23.4 Å². The smallest absolute Gasteiger partial charge is 0.234 e. The lowest BCUT2D eigenvalue weighted by Gasteiger charge is -2.11. The number of rotatable bonds is 6. The first-order valence-electron chi connectivity index (χ1n) is 6.93. The normalized spacial score (nSPS) is 11.2. The van der Waals surface area contributed by atoms with E-state index in [2.05, 4.69) is 5.32 Å². The average Bonchev–Trinajstić information content (AvgIpc) is 2.54. The van der Waals surface area contributed by atoms with Crippen molar-refractivity contribution in [1.82, 2.24) is 0 Å². The summed E-state index contributed by atoms with van der Waals surface area (Å²) in [5.74, 6) is -0.160. The van der Waals surface area contributed by atoms with Crippen molar-refractivity contribution in [2.45, 2.75) is 16.7 Å². The first kappa shape index (κ1) is 17.8. The minimum absolute atomic E-state index is 0.0196. The SMILES string of the molecule is CCS(=O)(=O)c1ccccc1NC(=O)CSc1ccccc1Cl. The van der Waals surface area contributed by atoms with Gasteiger partial charge in [-0.15, -0.1) is 11.8 Å². The molecule has 0 saturated carbocycles. The summed E-state index contributed by atoms with van der Waals surface area (Å²) in [5, 5.41) is 3.24. The number of nitrogens with one attached hydrogen (secondary N) is 1. The van der Waals surface area contributed by atoms with Gasteiger partial charge in [0.15, 0.2) is 9.84 Å². The maximum Gasteiger partial charge on any atom is 0.234 e. The van der Waals surface area contributed by atoms with Gasteiger partial charge in [0.1, 0.15) is 0 Å². The lowest BCUT2D eigenvalue weighted by molar-refractivity contribution is -0.113. The van der Waals surface area contributed by atoms with E-state index in [4.69, 9.17) is 11.6 Å². The minimum atomic E-state index is -3.39. The number of anilines is 1. The first-order valence-corrected chi connectivity index (χ1v) is 9.94. The van der Waals surface area contributed by atoms with Crippen LogP contribution in [-0.2, 0) is 14.6 Å². The molecule has 0 aliphatic heterocycles. The van der Waals surface area contributed by atoms with Crippen LogP contribution < -0.4 is 5.32 Å². The van der Waals surface area contributed by atoms with Gasteiger partial charge in [-0.3, -0.25) is 4.79 Å². The van der Waals surface area contributed by atoms with Gasteiger partial charge in [-0.1, -0.05) is 42.8 Å². The fraction of sp³-hybridized carbons (Fsp3) is 0.188. The molecule has 0 bridgehead atoms. The Bertz CT molecular complexity index is 806. The molecule has 1 N–H and O–H groups in total. The second-order valence-corrected chi connectivity index (χ2v) is 8.34. The van der Waals surface area contributed by atoms with Crippen molar-refractivity contribution in [3.8, 4) is 0 Å². The number of hydrogen-bond donors (Lipinski definition) is 1. The van der Waals surface area contributed by atoms with Crippen molar-refractivity contribution in [2.75, 3.05) is 16.8 Å². The van der Waals surface area contributed by atoms with Crippen LogP contribution in [-0.4, -0.2) is 25.8 Å². The summed E-state index contributed by atoms with van der Waals surface area (Å²) in [6.45, 7) is 1.57. The van der Waals surface area contributed by atoms with Crippen LogP contribution in [0.5, 0.6) is 0 Å². The van der Waals surface area contributed by atoms with Crippen LogP contribution in [0.2, 0.25) is 5.02 Å². The molecule has 0 saturated heterocycles. The van der Waals surface area contributed by atoms with Gasteiger partial charge in [0.2, 0.25) is 5.91 Å². The van der Waals surface area contributed by atoms with Gasteiger partial charge in [0.05, 0.1) is 27.1 Å².